The molecule has 1 atom stereocenters. The fraction of sp³-hybridized carbons (Fsp3) is 0.308. The van der Waals surface area contributed by atoms with E-state index in [0.29, 0.717) is 14.1 Å². The van der Waals surface area contributed by atoms with Crippen LogP contribution in [0.3, 0.4) is 0 Å². The van der Waals surface area contributed by atoms with Gasteiger partial charge in [0, 0.05) is 12.5 Å². The molecule has 1 aromatic rings. The third-order valence-electron chi connectivity index (χ3n) is 2.57. The van der Waals surface area contributed by atoms with Gasteiger partial charge in [0.15, 0.2) is 6.10 Å². The van der Waals surface area contributed by atoms with Crippen LogP contribution in [0.4, 0.5) is 17.6 Å². The molecular formula is C13H11BrF4O3. The number of fused-ring (bicyclic) bond motifs is 1. The van der Waals surface area contributed by atoms with Crippen LogP contribution >= 0.6 is 15.9 Å². The molecule has 2 rings (SSSR count). The summed E-state index contributed by atoms with van der Waals surface area (Å²) in [6, 6.07) is 2.08. The zero-order valence-electron chi connectivity index (χ0n) is 11.0. The van der Waals surface area contributed by atoms with E-state index in [2.05, 4.69) is 15.9 Å². The van der Waals surface area contributed by atoms with Crippen molar-refractivity contribution in [2.24, 2.45) is 0 Å². The van der Waals surface area contributed by atoms with E-state index in [4.69, 9.17) is 9.84 Å². The lowest BCUT2D eigenvalue weighted by atomic mass is 9.98. The van der Waals surface area contributed by atoms with E-state index in [0.717, 1.165) is 18.2 Å². The quantitative estimate of drug-likeness (QED) is 0.798. The minimum atomic E-state index is -3.38. The first kappa shape index (κ1) is 17.5. The Morgan fingerprint density at radius 1 is 1.38 bits per heavy atom. The molecule has 1 unspecified atom stereocenters. The zero-order chi connectivity index (χ0) is 16.4. The Morgan fingerprint density at radius 3 is 2.43 bits per heavy atom. The Hall–Kier alpha value is -1.57. The van der Waals surface area contributed by atoms with Crippen molar-refractivity contribution >= 4 is 28.0 Å². The predicted octanol–water partition coefficient (Wildman–Crippen LogP) is 4.06. The van der Waals surface area contributed by atoms with E-state index < -0.39 is 29.4 Å². The molecule has 21 heavy (non-hydrogen) atoms. The fourth-order valence-corrected chi connectivity index (χ4v) is 2.33. The highest BCUT2D eigenvalue weighted by Crippen LogP contribution is 2.40. The molecule has 0 aliphatic carbocycles. The smallest absolute Gasteiger partial charge is 0.335 e. The maximum absolute atomic E-state index is 13.4. The first-order chi connectivity index (χ1) is 9.70. The first-order valence-electron chi connectivity index (χ1n) is 5.56. The highest BCUT2D eigenvalue weighted by molar-refractivity contribution is 9.10. The van der Waals surface area contributed by atoms with Gasteiger partial charge in [-0.2, -0.15) is 0 Å². The average molecular weight is 371 g/mol. The molecule has 0 saturated carbocycles. The van der Waals surface area contributed by atoms with Crippen LogP contribution in [-0.2, 0) is 4.79 Å². The second-order valence-corrected chi connectivity index (χ2v) is 5.02. The molecule has 1 aromatic carbocycles. The van der Waals surface area contributed by atoms with Crippen molar-refractivity contribution in [1.82, 2.24) is 0 Å². The van der Waals surface area contributed by atoms with Gasteiger partial charge in [-0.1, -0.05) is 0 Å². The second-order valence-electron chi connectivity index (χ2n) is 4.16. The lowest BCUT2D eigenvalue weighted by Gasteiger charge is -2.29. The van der Waals surface area contributed by atoms with Gasteiger partial charge < -0.3 is 9.84 Å². The number of carbonyl (C=O) groups is 1. The molecule has 0 radical (unpaired) electrons. The van der Waals surface area contributed by atoms with Gasteiger partial charge in [-0.3, -0.25) is 4.39 Å². The number of carboxylic acid groups (broad SMARTS) is 1. The number of hydrogen-bond acceptors (Lipinski definition) is 2. The highest BCUT2D eigenvalue weighted by Gasteiger charge is 2.44. The van der Waals surface area contributed by atoms with Gasteiger partial charge in [0.2, 0.25) is 0 Å². The summed E-state index contributed by atoms with van der Waals surface area (Å²) in [7, 11) is 0.500. The van der Waals surface area contributed by atoms with Crippen molar-refractivity contribution in [3.05, 3.63) is 33.6 Å². The SMILES string of the molecule is CC(F)(F)C1Oc2c(Br)cc(F)cc2C=C1C(=O)O.CF. The molecule has 1 heterocycles. The number of halogens is 5. The minimum Gasteiger partial charge on any atom is -0.478 e. The number of carboxylic acids is 1. The molecule has 8 heteroatoms. The number of benzene rings is 1. The lowest BCUT2D eigenvalue weighted by molar-refractivity contribution is -0.137. The lowest BCUT2D eigenvalue weighted by Crippen LogP contribution is -2.41. The summed E-state index contributed by atoms with van der Waals surface area (Å²) in [5.41, 5.74) is -0.512. The summed E-state index contributed by atoms with van der Waals surface area (Å²) >= 11 is 3.00. The summed E-state index contributed by atoms with van der Waals surface area (Å²) in [4.78, 5) is 11.0. The Morgan fingerprint density at radius 2 is 1.95 bits per heavy atom. The molecule has 0 fully saturated rings. The maximum atomic E-state index is 13.4. The van der Waals surface area contributed by atoms with Gasteiger partial charge >= 0.3 is 5.97 Å². The monoisotopic (exact) mass is 370 g/mol. The topological polar surface area (TPSA) is 46.5 Å². The summed E-state index contributed by atoms with van der Waals surface area (Å²) in [6.07, 6.45) is -0.920. The Balaban J connectivity index is 0.00000106. The molecule has 0 saturated heterocycles. The van der Waals surface area contributed by atoms with Gasteiger partial charge in [-0.05, 0) is 34.1 Å². The van der Waals surface area contributed by atoms with E-state index in [1.165, 1.54) is 0 Å². The molecule has 3 nitrogen and oxygen atoms in total. The van der Waals surface area contributed by atoms with E-state index >= 15 is 0 Å². The Labute approximate surface area is 126 Å². The van der Waals surface area contributed by atoms with Gasteiger partial charge in [0.25, 0.3) is 5.92 Å². The number of hydrogen-bond donors (Lipinski definition) is 1. The Bertz CT molecular complexity index is 582. The zero-order valence-corrected chi connectivity index (χ0v) is 12.5. The largest absolute Gasteiger partial charge is 0.478 e. The predicted molar refractivity (Wildman–Crippen MR) is 71.8 cm³/mol. The van der Waals surface area contributed by atoms with E-state index in [-0.39, 0.29) is 15.8 Å². The molecular weight excluding hydrogens is 360 g/mol. The van der Waals surface area contributed by atoms with Crippen LogP contribution in [0.5, 0.6) is 5.75 Å². The summed E-state index contributed by atoms with van der Waals surface area (Å²) in [5.74, 6) is -5.54. The van der Waals surface area contributed by atoms with Crippen LogP contribution in [0.2, 0.25) is 0 Å². The number of ether oxygens (including phenoxy) is 1. The molecule has 0 aromatic heterocycles. The maximum Gasteiger partial charge on any atom is 0.335 e. The molecule has 1 aliphatic heterocycles. The van der Waals surface area contributed by atoms with Gasteiger partial charge in [0.05, 0.1) is 17.2 Å². The number of aliphatic carboxylic acids is 1. The van der Waals surface area contributed by atoms with Crippen molar-refractivity contribution in [2.45, 2.75) is 19.0 Å². The van der Waals surface area contributed by atoms with Crippen LogP contribution in [0, 0.1) is 5.82 Å². The minimum absolute atomic E-state index is 0.00192. The van der Waals surface area contributed by atoms with Gasteiger partial charge in [0.1, 0.15) is 11.6 Å². The van der Waals surface area contributed by atoms with Crippen molar-refractivity contribution in [1.29, 1.82) is 0 Å². The van der Waals surface area contributed by atoms with E-state index in [9.17, 15) is 22.4 Å². The average Bonchev–Trinajstić information content (AvgIpc) is 2.38. The summed E-state index contributed by atoms with van der Waals surface area (Å²) in [6.45, 7) is 0.566. The number of alkyl halides is 3. The van der Waals surface area contributed by atoms with Crippen LogP contribution in [0.1, 0.15) is 12.5 Å². The van der Waals surface area contributed by atoms with Gasteiger partial charge in [-0.25, -0.2) is 18.0 Å². The second kappa shape index (κ2) is 6.46. The van der Waals surface area contributed by atoms with Crippen LogP contribution < -0.4 is 4.74 Å². The van der Waals surface area contributed by atoms with Crippen molar-refractivity contribution < 1.29 is 32.2 Å². The number of rotatable bonds is 2. The van der Waals surface area contributed by atoms with E-state index in [1.807, 2.05) is 0 Å². The van der Waals surface area contributed by atoms with Crippen LogP contribution in [-0.4, -0.2) is 30.3 Å². The Kier molecular flexibility index (Phi) is 5.38. The fourth-order valence-electron chi connectivity index (χ4n) is 1.79. The van der Waals surface area contributed by atoms with E-state index in [1.54, 1.807) is 0 Å². The molecule has 1 N–H and O–H groups in total. The summed E-state index contributed by atoms with van der Waals surface area (Å²) in [5, 5.41) is 8.95. The van der Waals surface area contributed by atoms with Crippen LogP contribution in [0.15, 0.2) is 22.2 Å². The van der Waals surface area contributed by atoms with Crippen LogP contribution in [0.25, 0.3) is 6.08 Å². The third kappa shape index (κ3) is 3.75. The molecule has 0 bridgehead atoms. The summed E-state index contributed by atoms with van der Waals surface area (Å²) < 4.78 is 54.7. The normalized spacial score (nSPS) is 16.9. The molecule has 1 aliphatic rings. The third-order valence-corrected chi connectivity index (χ3v) is 3.16. The standard InChI is InChI=1S/C12H8BrF3O3.CH3F/c1-12(15,16)10-7(11(17)18)3-5-2-6(14)4-8(13)9(5)19-10;1-2/h2-4,10H,1H3,(H,17,18);1H3. The van der Waals surface area contributed by atoms with Crippen molar-refractivity contribution in [3.8, 4) is 5.75 Å². The first-order valence-corrected chi connectivity index (χ1v) is 6.35. The molecule has 0 spiro atoms. The van der Waals surface area contributed by atoms with Gasteiger partial charge in [-0.15, -0.1) is 0 Å². The van der Waals surface area contributed by atoms with Crippen molar-refractivity contribution in [2.75, 3.05) is 7.18 Å². The molecule has 116 valence electrons. The molecule has 0 amide bonds. The van der Waals surface area contributed by atoms with Crippen molar-refractivity contribution in [3.63, 3.8) is 0 Å². The highest BCUT2D eigenvalue weighted by atomic mass is 79.9.